The second-order valence-electron chi connectivity index (χ2n) is 9.79. The van der Waals surface area contributed by atoms with Crippen LogP contribution in [0.3, 0.4) is 0 Å². The Hall–Kier alpha value is -2.86. The minimum atomic E-state index is -1.05. The third kappa shape index (κ3) is 7.90. The summed E-state index contributed by atoms with van der Waals surface area (Å²) in [5, 5.41) is 3.49. The van der Waals surface area contributed by atoms with Crippen molar-refractivity contribution >= 4 is 17.1 Å². The van der Waals surface area contributed by atoms with Gasteiger partial charge in [-0.1, -0.05) is 24.3 Å². The molecule has 1 heterocycles. The van der Waals surface area contributed by atoms with Crippen LogP contribution in [0.15, 0.2) is 52.9 Å². The third-order valence-electron chi connectivity index (χ3n) is 5.09. The third-order valence-corrected chi connectivity index (χ3v) is 5.09. The standard InChI is InChI=1S/C27H36N2O4/c1-26(2,3)33-25(30)27(4,5)32-21-16-14-20(15-17-21)10-8-18-28-19-9-13-24-29-22-11-6-7-12-23(22)31-24/h6-7,11-12,14-17,28H,8-10,13,18-19H2,1-5H3. The molecular formula is C27H36N2O4. The van der Waals surface area contributed by atoms with Gasteiger partial charge in [-0.15, -0.1) is 0 Å². The van der Waals surface area contributed by atoms with E-state index < -0.39 is 11.2 Å². The number of hydrogen-bond donors (Lipinski definition) is 1. The molecule has 178 valence electrons. The van der Waals surface area contributed by atoms with Gasteiger partial charge >= 0.3 is 5.97 Å². The molecule has 0 atom stereocenters. The van der Waals surface area contributed by atoms with E-state index in [2.05, 4.69) is 10.3 Å². The van der Waals surface area contributed by atoms with Crippen LogP contribution >= 0.6 is 0 Å². The summed E-state index contributed by atoms with van der Waals surface area (Å²) in [6.07, 6.45) is 3.86. The van der Waals surface area contributed by atoms with Gasteiger partial charge in [-0.25, -0.2) is 9.78 Å². The summed E-state index contributed by atoms with van der Waals surface area (Å²) in [5.41, 5.74) is 1.43. The van der Waals surface area contributed by atoms with Crippen molar-refractivity contribution in [1.82, 2.24) is 10.3 Å². The van der Waals surface area contributed by atoms with Crippen LogP contribution in [-0.2, 0) is 22.4 Å². The van der Waals surface area contributed by atoms with E-state index in [-0.39, 0.29) is 5.97 Å². The van der Waals surface area contributed by atoms with E-state index >= 15 is 0 Å². The molecule has 3 rings (SSSR count). The zero-order chi connectivity index (χ0) is 23.9. The van der Waals surface area contributed by atoms with E-state index in [4.69, 9.17) is 13.9 Å². The predicted molar refractivity (Wildman–Crippen MR) is 131 cm³/mol. The largest absolute Gasteiger partial charge is 0.476 e. The van der Waals surface area contributed by atoms with Crippen molar-refractivity contribution in [3.8, 4) is 5.75 Å². The number of carbonyl (C=O) groups is 1. The molecule has 0 bridgehead atoms. The Balaban J connectivity index is 1.32. The molecule has 6 heteroatoms. The molecule has 0 spiro atoms. The lowest BCUT2D eigenvalue weighted by Crippen LogP contribution is -2.43. The lowest BCUT2D eigenvalue weighted by molar-refractivity contribution is -0.170. The first-order valence-corrected chi connectivity index (χ1v) is 11.7. The van der Waals surface area contributed by atoms with Crippen molar-refractivity contribution in [3.63, 3.8) is 0 Å². The summed E-state index contributed by atoms with van der Waals surface area (Å²) >= 11 is 0. The van der Waals surface area contributed by atoms with Gasteiger partial charge < -0.3 is 19.2 Å². The molecule has 2 aromatic carbocycles. The van der Waals surface area contributed by atoms with Crippen LogP contribution in [0, 0.1) is 0 Å². The molecule has 0 radical (unpaired) electrons. The number of carbonyl (C=O) groups excluding carboxylic acids is 1. The number of ether oxygens (including phenoxy) is 2. The van der Waals surface area contributed by atoms with Crippen LogP contribution in [0.25, 0.3) is 11.1 Å². The number of aryl methyl sites for hydroxylation is 2. The van der Waals surface area contributed by atoms with Gasteiger partial charge in [0.1, 0.15) is 16.9 Å². The second kappa shape index (κ2) is 10.8. The number of para-hydroxylation sites is 2. The van der Waals surface area contributed by atoms with Crippen molar-refractivity contribution in [2.75, 3.05) is 13.1 Å². The molecule has 6 nitrogen and oxygen atoms in total. The minimum Gasteiger partial charge on any atom is -0.476 e. The number of fused-ring (bicyclic) bond motifs is 1. The predicted octanol–water partition coefficient (Wildman–Crippen LogP) is 5.48. The average Bonchev–Trinajstić information content (AvgIpc) is 3.15. The number of nitrogens with zero attached hydrogens (tertiary/aromatic N) is 1. The monoisotopic (exact) mass is 452 g/mol. The van der Waals surface area contributed by atoms with Gasteiger partial charge in [0.05, 0.1) is 0 Å². The van der Waals surface area contributed by atoms with Crippen molar-refractivity contribution < 1.29 is 18.7 Å². The number of aromatic nitrogens is 1. The number of benzene rings is 2. The number of hydrogen-bond acceptors (Lipinski definition) is 6. The topological polar surface area (TPSA) is 73.6 Å². The van der Waals surface area contributed by atoms with Gasteiger partial charge in [-0.05, 0) is 96.8 Å². The van der Waals surface area contributed by atoms with E-state index in [9.17, 15) is 4.79 Å². The summed E-state index contributed by atoms with van der Waals surface area (Å²) in [6, 6.07) is 15.8. The molecule has 0 saturated carbocycles. The minimum absolute atomic E-state index is 0.374. The van der Waals surface area contributed by atoms with E-state index in [0.717, 1.165) is 55.8 Å². The van der Waals surface area contributed by atoms with Crippen LogP contribution in [-0.4, -0.2) is 35.2 Å². The molecule has 33 heavy (non-hydrogen) atoms. The molecule has 0 unspecified atom stereocenters. The smallest absolute Gasteiger partial charge is 0.350 e. The molecule has 1 aromatic heterocycles. The fourth-order valence-corrected chi connectivity index (χ4v) is 3.40. The zero-order valence-corrected chi connectivity index (χ0v) is 20.4. The normalized spacial score (nSPS) is 12.2. The number of oxazole rings is 1. The zero-order valence-electron chi connectivity index (χ0n) is 20.4. The van der Waals surface area contributed by atoms with Crippen molar-refractivity contribution in [2.45, 2.75) is 71.5 Å². The molecule has 0 aliphatic heterocycles. The average molecular weight is 453 g/mol. The first-order valence-electron chi connectivity index (χ1n) is 11.7. The lowest BCUT2D eigenvalue weighted by atomic mass is 10.1. The highest BCUT2D eigenvalue weighted by Gasteiger charge is 2.34. The first kappa shape index (κ1) is 24.8. The highest BCUT2D eigenvalue weighted by atomic mass is 16.6. The lowest BCUT2D eigenvalue weighted by Gasteiger charge is -2.29. The van der Waals surface area contributed by atoms with Crippen molar-refractivity contribution in [3.05, 3.63) is 60.0 Å². The fraction of sp³-hybridized carbons (Fsp3) is 0.481. The number of rotatable bonds is 11. The van der Waals surface area contributed by atoms with E-state index in [0.29, 0.717) is 5.75 Å². The van der Waals surface area contributed by atoms with E-state index in [1.807, 2.05) is 69.3 Å². The highest BCUT2D eigenvalue weighted by molar-refractivity contribution is 5.79. The van der Waals surface area contributed by atoms with Crippen LogP contribution in [0.5, 0.6) is 5.75 Å². The Labute approximate surface area is 196 Å². The van der Waals surface area contributed by atoms with Crippen LogP contribution < -0.4 is 10.1 Å². The maximum absolute atomic E-state index is 12.4. The number of nitrogens with one attached hydrogen (secondary N) is 1. The van der Waals surface area contributed by atoms with Gasteiger partial charge in [-0.2, -0.15) is 0 Å². The SMILES string of the molecule is CC(C)(C)OC(=O)C(C)(C)Oc1ccc(CCCNCCCc2nc3ccccc3o2)cc1. The number of esters is 1. The summed E-state index contributed by atoms with van der Waals surface area (Å²) in [5.74, 6) is 1.09. The Morgan fingerprint density at radius 3 is 2.27 bits per heavy atom. The molecule has 3 aromatic rings. The maximum Gasteiger partial charge on any atom is 0.350 e. The molecular weight excluding hydrogens is 416 g/mol. The Bertz CT molecular complexity index is 999. The summed E-state index contributed by atoms with van der Waals surface area (Å²) in [6.45, 7) is 10.9. The second-order valence-corrected chi connectivity index (χ2v) is 9.79. The summed E-state index contributed by atoms with van der Waals surface area (Å²) in [4.78, 5) is 16.9. The van der Waals surface area contributed by atoms with Gasteiger partial charge in [0.2, 0.25) is 0 Å². The van der Waals surface area contributed by atoms with Gasteiger partial charge in [0, 0.05) is 6.42 Å². The molecule has 1 N–H and O–H groups in total. The van der Waals surface area contributed by atoms with Crippen molar-refractivity contribution in [2.24, 2.45) is 0 Å². The van der Waals surface area contributed by atoms with E-state index in [1.54, 1.807) is 13.8 Å². The van der Waals surface area contributed by atoms with E-state index in [1.165, 1.54) is 5.56 Å². The maximum atomic E-state index is 12.4. The highest BCUT2D eigenvalue weighted by Crippen LogP contribution is 2.23. The Morgan fingerprint density at radius 2 is 1.61 bits per heavy atom. The first-order chi connectivity index (χ1) is 15.6. The Kier molecular flexibility index (Phi) is 8.14. The fourth-order valence-electron chi connectivity index (χ4n) is 3.40. The van der Waals surface area contributed by atoms with Crippen LogP contribution in [0.1, 0.15) is 58.9 Å². The van der Waals surface area contributed by atoms with Crippen molar-refractivity contribution in [1.29, 1.82) is 0 Å². The van der Waals surface area contributed by atoms with Gasteiger partial charge in [-0.3, -0.25) is 0 Å². The molecule has 0 aliphatic carbocycles. The molecule has 0 fully saturated rings. The van der Waals surface area contributed by atoms with Gasteiger partial charge in [0.15, 0.2) is 17.1 Å². The van der Waals surface area contributed by atoms with Crippen LogP contribution in [0.2, 0.25) is 0 Å². The van der Waals surface area contributed by atoms with Gasteiger partial charge in [0.25, 0.3) is 0 Å². The molecule has 0 amide bonds. The summed E-state index contributed by atoms with van der Waals surface area (Å²) < 4.78 is 17.1. The summed E-state index contributed by atoms with van der Waals surface area (Å²) in [7, 11) is 0. The molecule has 0 saturated heterocycles. The van der Waals surface area contributed by atoms with Crippen LogP contribution in [0.4, 0.5) is 0 Å². The quantitative estimate of drug-likeness (QED) is 0.307. The Morgan fingerprint density at radius 1 is 0.939 bits per heavy atom. The molecule has 0 aliphatic rings.